The van der Waals surface area contributed by atoms with Crippen molar-refractivity contribution in [2.75, 3.05) is 6.61 Å². The number of fused-ring (bicyclic) bond motifs is 1. The van der Waals surface area contributed by atoms with Crippen molar-refractivity contribution in [1.82, 2.24) is 9.78 Å². The second kappa shape index (κ2) is 9.96. The lowest BCUT2D eigenvalue weighted by Gasteiger charge is -2.26. The Kier molecular flexibility index (Phi) is 6.43. The van der Waals surface area contributed by atoms with E-state index in [2.05, 4.69) is 77.6 Å². The van der Waals surface area contributed by atoms with Crippen molar-refractivity contribution in [2.24, 2.45) is 11.7 Å². The number of carbonyl (C=O) groups excluding carboxylic acids is 1. The van der Waals surface area contributed by atoms with Gasteiger partial charge in [-0.25, -0.2) is 0 Å². The van der Waals surface area contributed by atoms with Gasteiger partial charge in [-0.3, -0.25) is 9.48 Å². The molecular weight excluding hydrogens is 422 g/mol. The van der Waals surface area contributed by atoms with Crippen LogP contribution in [0.3, 0.4) is 0 Å². The van der Waals surface area contributed by atoms with Crippen LogP contribution < -0.4 is 10.5 Å². The SMILES string of the molecule is NC(=O)COc1cccc2c1CCC(Cn1cc(C(c3ccccc3)c3ccccc3)cn1)C2. The average molecular weight is 452 g/mol. The van der Waals surface area contributed by atoms with Gasteiger partial charge in [-0.1, -0.05) is 72.8 Å². The molecule has 34 heavy (non-hydrogen) atoms. The van der Waals surface area contributed by atoms with Gasteiger partial charge >= 0.3 is 0 Å². The highest BCUT2D eigenvalue weighted by molar-refractivity contribution is 5.75. The molecule has 4 aromatic rings. The number of nitrogens with zero attached hydrogens (tertiary/aromatic N) is 2. The summed E-state index contributed by atoms with van der Waals surface area (Å²) in [5.41, 5.74) is 11.5. The van der Waals surface area contributed by atoms with Crippen molar-refractivity contribution in [3.63, 3.8) is 0 Å². The predicted molar refractivity (Wildman–Crippen MR) is 133 cm³/mol. The number of rotatable bonds is 8. The van der Waals surface area contributed by atoms with Gasteiger partial charge in [0.1, 0.15) is 5.75 Å². The first kappa shape index (κ1) is 22.0. The molecule has 0 saturated heterocycles. The monoisotopic (exact) mass is 451 g/mol. The number of amides is 1. The quantitative estimate of drug-likeness (QED) is 0.421. The molecule has 1 aliphatic rings. The van der Waals surface area contributed by atoms with E-state index in [0.29, 0.717) is 5.92 Å². The summed E-state index contributed by atoms with van der Waals surface area (Å²) in [6.45, 7) is 0.794. The van der Waals surface area contributed by atoms with Crippen LogP contribution in [-0.4, -0.2) is 22.3 Å². The van der Waals surface area contributed by atoms with Gasteiger partial charge < -0.3 is 10.5 Å². The number of hydrogen-bond acceptors (Lipinski definition) is 3. The lowest BCUT2D eigenvalue weighted by Crippen LogP contribution is -2.23. The van der Waals surface area contributed by atoms with E-state index in [-0.39, 0.29) is 12.5 Å². The maximum Gasteiger partial charge on any atom is 0.255 e. The Morgan fingerprint density at radius 1 is 0.971 bits per heavy atom. The minimum absolute atomic E-state index is 0.0834. The number of nitrogens with two attached hydrogens (primary N) is 1. The highest BCUT2D eigenvalue weighted by atomic mass is 16.5. The summed E-state index contributed by atoms with van der Waals surface area (Å²) in [6, 6.07) is 27.3. The molecular formula is C29H29N3O2. The molecule has 0 saturated carbocycles. The lowest BCUT2D eigenvalue weighted by molar-refractivity contribution is -0.119. The molecule has 2 N–H and O–H groups in total. The number of ether oxygens (including phenoxy) is 1. The van der Waals surface area contributed by atoms with Crippen LogP contribution in [0.1, 0.15) is 40.2 Å². The zero-order valence-corrected chi connectivity index (χ0v) is 19.1. The second-order valence-electron chi connectivity index (χ2n) is 9.01. The fourth-order valence-electron chi connectivity index (χ4n) is 5.05. The molecule has 1 unspecified atom stereocenters. The third kappa shape index (κ3) is 4.88. The van der Waals surface area contributed by atoms with E-state index in [1.807, 2.05) is 18.3 Å². The number of benzene rings is 3. The van der Waals surface area contributed by atoms with Crippen molar-refractivity contribution in [3.8, 4) is 5.75 Å². The van der Waals surface area contributed by atoms with Crippen LogP contribution in [0.2, 0.25) is 0 Å². The summed E-state index contributed by atoms with van der Waals surface area (Å²) in [6.07, 6.45) is 7.17. The molecule has 0 bridgehead atoms. The smallest absolute Gasteiger partial charge is 0.255 e. The molecule has 172 valence electrons. The van der Waals surface area contributed by atoms with Crippen molar-refractivity contribution in [2.45, 2.75) is 31.7 Å². The molecule has 0 aliphatic heterocycles. The Balaban J connectivity index is 1.33. The number of hydrogen-bond donors (Lipinski definition) is 1. The maximum absolute atomic E-state index is 11.1. The van der Waals surface area contributed by atoms with E-state index < -0.39 is 5.91 Å². The van der Waals surface area contributed by atoms with Gasteiger partial charge in [0.2, 0.25) is 0 Å². The van der Waals surface area contributed by atoms with Gasteiger partial charge in [-0.2, -0.15) is 5.10 Å². The molecule has 1 aliphatic carbocycles. The highest BCUT2D eigenvalue weighted by Gasteiger charge is 2.23. The van der Waals surface area contributed by atoms with Crippen LogP contribution in [-0.2, 0) is 24.2 Å². The predicted octanol–water partition coefficient (Wildman–Crippen LogP) is 4.73. The number of carbonyl (C=O) groups is 1. The Bertz CT molecular complexity index is 1210. The van der Waals surface area contributed by atoms with Gasteiger partial charge in [0.15, 0.2) is 6.61 Å². The summed E-state index contributed by atoms with van der Waals surface area (Å²) in [5, 5.41) is 4.75. The van der Waals surface area contributed by atoms with Crippen LogP contribution in [0.4, 0.5) is 0 Å². The topological polar surface area (TPSA) is 70.1 Å². The average Bonchev–Trinajstić information content (AvgIpc) is 3.31. The van der Waals surface area contributed by atoms with Crippen LogP contribution >= 0.6 is 0 Å². The molecule has 0 radical (unpaired) electrons. The summed E-state index contributed by atoms with van der Waals surface area (Å²) in [7, 11) is 0. The molecule has 5 heteroatoms. The van der Waals surface area contributed by atoms with Gasteiger partial charge in [0, 0.05) is 24.2 Å². The molecule has 5 nitrogen and oxygen atoms in total. The summed E-state index contributed by atoms with van der Waals surface area (Å²) >= 11 is 0. The third-order valence-electron chi connectivity index (χ3n) is 6.61. The maximum atomic E-state index is 11.1. The van der Waals surface area contributed by atoms with E-state index in [1.165, 1.54) is 27.8 Å². The van der Waals surface area contributed by atoms with E-state index >= 15 is 0 Å². The molecule has 1 atom stereocenters. The zero-order chi connectivity index (χ0) is 23.3. The highest BCUT2D eigenvalue weighted by Crippen LogP contribution is 2.34. The molecule has 0 spiro atoms. The minimum Gasteiger partial charge on any atom is -0.483 e. The summed E-state index contributed by atoms with van der Waals surface area (Å²) in [5.74, 6) is 0.988. The Morgan fingerprint density at radius 3 is 2.35 bits per heavy atom. The minimum atomic E-state index is -0.454. The van der Waals surface area contributed by atoms with E-state index in [9.17, 15) is 4.79 Å². The van der Waals surface area contributed by atoms with E-state index in [1.54, 1.807) is 0 Å². The largest absolute Gasteiger partial charge is 0.483 e. The zero-order valence-electron chi connectivity index (χ0n) is 19.1. The first-order valence-corrected chi connectivity index (χ1v) is 11.8. The van der Waals surface area contributed by atoms with Gasteiger partial charge in [-0.05, 0) is 53.5 Å². The van der Waals surface area contributed by atoms with Crippen molar-refractivity contribution in [3.05, 3.63) is 119 Å². The third-order valence-corrected chi connectivity index (χ3v) is 6.61. The first-order valence-electron chi connectivity index (χ1n) is 11.8. The normalized spacial score (nSPS) is 15.1. The van der Waals surface area contributed by atoms with Crippen molar-refractivity contribution in [1.29, 1.82) is 0 Å². The molecule has 0 fully saturated rings. The molecule has 1 aromatic heterocycles. The van der Waals surface area contributed by atoms with Crippen LogP contribution in [0.5, 0.6) is 5.75 Å². The summed E-state index contributed by atoms with van der Waals surface area (Å²) < 4.78 is 7.74. The van der Waals surface area contributed by atoms with Crippen molar-refractivity contribution < 1.29 is 9.53 Å². The van der Waals surface area contributed by atoms with Gasteiger partial charge in [0.25, 0.3) is 5.91 Å². The first-order chi connectivity index (χ1) is 16.7. The molecule has 5 rings (SSSR count). The van der Waals surface area contributed by atoms with Gasteiger partial charge in [0.05, 0.1) is 6.20 Å². The Hall–Kier alpha value is -3.86. The standard InChI is InChI=1S/C29H29N3O2/c30-28(33)20-34-27-13-7-12-24-16-21(14-15-26(24)27)18-32-19-25(17-31-32)29(22-8-3-1-4-9-22)23-10-5-2-6-11-23/h1-13,17,19,21,29H,14-16,18,20H2,(H2,30,33). The van der Waals surface area contributed by atoms with E-state index in [4.69, 9.17) is 15.6 Å². The second-order valence-corrected chi connectivity index (χ2v) is 9.01. The van der Waals surface area contributed by atoms with Gasteiger partial charge in [-0.15, -0.1) is 0 Å². The fraction of sp³-hybridized carbons (Fsp3) is 0.241. The number of primary amides is 1. The lowest BCUT2D eigenvalue weighted by atomic mass is 9.83. The molecule has 1 heterocycles. The Labute approximate surface area is 200 Å². The fourth-order valence-corrected chi connectivity index (χ4v) is 5.05. The van der Waals surface area contributed by atoms with E-state index in [0.717, 1.165) is 31.6 Å². The Morgan fingerprint density at radius 2 is 1.68 bits per heavy atom. The van der Waals surface area contributed by atoms with Crippen LogP contribution in [0.25, 0.3) is 0 Å². The molecule has 1 amide bonds. The van der Waals surface area contributed by atoms with Crippen LogP contribution in [0, 0.1) is 5.92 Å². The number of aromatic nitrogens is 2. The molecule has 3 aromatic carbocycles. The van der Waals surface area contributed by atoms with Crippen molar-refractivity contribution >= 4 is 5.91 Å². The summed E-state index contributed by atoms with van der Waals surface area (Å²) in [4.78, 5) is 11.1. The van der Waals surface area contributed by atoms with Crippen LogP contribution in [0.15, 0.2) is 91.3 Å².